The van der Waals surface area contributed by atoms with Crippen molar-refractivity contribution in [2.24, 2.45) is 0 Å². The fraction of sp³-hybridized carbons (Fsp3) is 0.231. The number of esters is 1. The molecule has 1 aliphatic rings. The van der Waals surface area contributed by atoms with Gasteiger partial charge in [0, 0.05) is 28.5 Å². The van der Waals surface area contributed by atoms with Crippen LogP contribution in [-0.2, 0) is 9.59 Å². The summed E-state index contributed by atoms with van der Waals surface area (Å²) in [7, 11) is 0. The predicted molar refractivity (Wildman–Crippen MR) is 64.3 cm³/mol. The molecule has 0 saturated heterocycles. The summed E-state index contributed by atoms with van der Waals surface area (Å²) in [4.78, 5) is 22.8. The number of benzene rings is 1. The quantitative estimate of drug-likeness (QED) is 0.461. The molecular weight excluding hydrogens is 240 g/mol. The second-order valence-electron chi connectivity index (χ2n) is 4.06. The number of ether oxygens (including phenoxy) is 1. The smallest absolute Gasteiger partial charge is 0.339 e. The van der Waals surface area contributed by atoms with Crippen LogP contribution in [0.15, 0.2) is 30.4 Å². The van der Waals surface area contributed by atoms with Crippen molar-refractivity contribution in [3.63, 3.8) is 0 Å². The van der Waals surface area contributed by atoms with Crippen LogP contribution in [0.25, 0.3) is 0 Å². The van der Waals surface area contributed by atoms with Gasteiger partial charge in [0.05, 0.1) is 0 Å². The first-order chi connectivity index (χ1) is 7.99. The van der Waals surface area contributed by atoms with Crippen LogP contribution in [0.2, 0.25) is 5.02 Å². The molecule has 3 nitrogen and oxygen atoms in total. The number of hydrogen-bond acceptors (Lipinski definition) is 3. The molecule has 0 N–H and O–H groups in total. The van der Waals surface area contributed by atoms with Crippen molar-refractivity contribution in [1.29, 1.82) is 0 Å². The third-order valence-electron chi connectivity index (χ3n) is 2.72. The number of carbonyl (C=O) groups is 2. The molecule has 0 radical (unpaired) electrons. The van der Waals surface area contributed by atoms with Crippen molar-refractivity contribution in [3.8, 4) is 5.75 Å². The molecule has 17 heavy (non-hydrogen) atoms. The summed E-state index contributed by atoms with van der Waals surface area (Å²) in [5.74, 6) is -0.358. The van der Waals surface area contributed by atoms with Gasteiger partial charge in [0.25, 0.3) is 0 Å². The predicted octanol–water partition coefficient (Wildman–Crippen LogP) is 2.88. The Labute approximate surface area is 104 Å². The van der Waals surface area contributed by atoms with Gasteiger partial charge in [-0.05, 0) is 25.1 Å². The van der Waals surface area contributed by atoms with Gasteiger partial charge in [-0.2, -0.15) is 0 Å². The monoisotopic (exact) mass is 250 g/mol. The lowest BCUT2D eigenvalue weighted by Crippen LogP contribution is -2.24. The summed E-state index contributed by atoms with van der Waals surface area (Å²) in [6.07, 6.45) is 0.237. The van der Waals surface area contributed by atoms with Gasteiger partial charge in [0.2, 0.25) is 0 Å². The average molecular weight is 251 g/mol. The van der Waals surface area contributed by atoms with Gasteiger partial charge >= 0.3 is 5.97 Å². The maximum absolute atomic E-state index is 11.6. The normalized spacial score (nSPS) is 18.6. The number of rotatable bonds is 2. The minimum absolute atomic E-state index is 0.00299. The average Bonchev–Trinajstić information content (AvgIpc) is 2.25. The van der Waals surface area contributed by atoms with E-state index in [2.05, 4.69) is 6.58 Å². The zero-order valence-electron chi connectivity index (χ0n) is 9.33. The molecule has 1 atom stereocenters. The maximum atomic E-state index is 11.6. The van der Waals surface area contributed by atoms with Crippen molar-refractivity contribution in [2.75, 3.05) is 0 Å². The SMILES string of the molecule is C=C1C(=O)Oc2ccc(Cl)cc2C1CC(C)=O. The van der Waals surface area contributed by atoms with Gasteiger partial charge in [0.1, 0.15) is 11.5 Å². The van der Waals surface area contributed by atoms with Crippen LogP contribution >= 0.6 is 11.6 Å². The minimum atomic E-state index is -0.480. The highest BCUT2D eigenvalue weighted by Crippen LogP contribution is 2.40. The Balaban J connectivity index is 2.50. The van der Waals surface area contributed by atoms with Gasteiger partial charge in [-0.15, -0.1) is 0 Å². The lowest BCUT2D eigenvalue weighted by molar-refractivity contribution is -0.131. The molecule has 0 spiro atoms. The van der Waals surface area contributed by atoms with E-state index in [-0.39, 0.29) is 18.1 Å². The Bertz CT molecular complexity index is 519. The molecule has 1 aromatic carbocycles. The first kappa shape index (κ1) is 11.9. The van der Waals surface area contributed by atoms with E-state index in [1.807, 2.05) is 0 Å². The van der Waals surface area contributed by atoms with E-state index in [9.17, 15) is 9.59 Å². The molecule has 88 valence electrons. The molecule has 0 amide bonds. The van der Waals surface area contributed by atoms with Crippen molar-refractivity contribution in [3.05, 3.63) is 40.9 Å². The van der Waals surface area contributed by atoms with Gasteiger partial charge in [-0.1, -0.05) is 18.2 Å². The largest absolute Gasteiger partial charge is 0.423 e. The van der Waals surface area contributed by atoms with E-state index in [0.29, 0.717) is 16.3 Å². The highest BCUT2D eigenvalue weighted by Gasteiger charge is 2.31. The van der Waals surface area contributed by atoms with Gasteiger partial charge in [0.15, 0.2) is 0 Å². The van der Waals surface area contributed by atoms with Crippen LogP contribution < -0.4 is 4.74 Å². The fourth-order valence-electron chi connectivity index (χ4n) is 1.90. The molecule has 0 saturated carbocycles. The second-order valence-corrected chi connectivity index (χ2v) is 4.49. The first-order valence-electron chi connectivity index (χ1n) is 5.19. The van der Waals surface area contributed by atoms with Crippen LogP contribution in [0.4, 0.5) is 0 Å². The molecule has 4 heteroatoms. The summed E-state index contributed by atoms with van der Waals surface area (Å²) in [6.45, 7) is 5.17. The Kier molecular flexibility index (Phi) is 3.03. The zero-order valence-corrected chi connectivity index (χ0v) is 10.1. The van der Waals surface area contributed by atoms with Crippen molar-refractivity contribution >= 4 is 23.4 Å². The third-order valence-corrected chi connectivity index (χ3v) is 2.96. The highest BCUT2D eigenvalue weighted by molar-refractivity contribution is 6.30. The second kappa shape index (κ2) is 4.34. The number of fused-ring (bicyclic) bond motifs is 1. The zero-order chi connectivity index (χ0) is 12.6. The Hall–Kier alpha value is -1.61. The van der Waals surface area contributed by atoms with E-state index < -0.39 is 5.97 Å². The Morgan fingerprint density at radius 2 is 2.24 bits per heavy atom. The van der Waals surface area contributed by atoms with Gasteiger partial charge in [-0.3, -0.25) is 4.79 Å². The number of Topliss-reactive ketones (excluding diaryl/α,β-unsaturated/α-hetero) is 1. The third kappa shape index (κ3) is 2.24. The van der Waals surface area contributed by atoms with E-state index >= 15 is 0 Å². The van der Waals surface area contributed by atoms with E-state index in [0.717, 1.165) is 5.56 Å². The molecule has 0 aliphatic carbocycles. The molecule has 1 heterocycles. The Morgan fingerprint density at radius 3 is 2.88 bits per heavy atom. The summed E-state index contributed by atoms with van der Waals surface area (Å²) < 4.78 is 5.10. The topological polar surface area (TPSA) is 43.4 Å². The van der Waals surface area contributed by atoms with Crippen LogP contribution in [0.3, 0.4) is 0 Å². The lowest BCUT2D eigenvalue weighted by Gasteiger charge is -2.25. The molecule has 1 aliphatic heterocycles. The summed E-state index contributed by atoms with van der Waals surface area (Å²) in [5, 5.41) is 0.544. The maximum Gasteiger partial charge on any atom is 0.339 e. The van der Waals surface area contributed by atoms with Crippen molar-refractivity contribution < 1.29 is 14.3 Å². The molecule has 0 fully saturated rings. The van der Waals surface area contributed by atoms with Crippen LogP contribution in [-0.4, -0.2) is 11.8 Å². The van der Waals surface area contributed by atoms with E-state index in [1.54, 1.807) is 18.2 Å². The van der Waals surface area contributed by atoms with Crippen LogP contribution in [0, 0.1) is 0 Å². The number of halogens is 1. The molecule has 1 unspecified atom stereocenters. The van der Waals surface area contributed by atoms with E-state index in [4.69, 9.17) is 16.3 Å². The van der Waals surface area contributed by atoms with Crippen LogP contribution in [0.5, 0.6) is 5.75 Å². The number of ketones is 1. The van der Waals surface area contributed by atoms with Crippen LogP contribution in [0.1, 0.15) is 24.8 Å². The highest BCUT2D eigenvalue weighted by atomic mass is 35.5. The fourth-order valence-corrected chi connectivity index (χ4v) is 2.08. The summed E-state index contributed by atoms with van der Waals surface area (Å²) in [6, 6.07) is 4.99. The standard InChI is InChI=1S/C13H11ClO3/c1-7(15)5-10-8(2)13(16)17-12-4-3-9(14)6-11(10)12/h3-4,6,10H,2,5H2,1H3. The Morgan fingerprint density at radius 1 is 1.53 bits per heavy atom. The van der Waals surface area contributed by atoms with Crippen molar-refractivity contribution in [1.82, 2.24) is 0 Å². The van der Waals surface area contributed by atoms with Crippen molar-refractivity contribution in [2.45, 2.75) is 19.3 Å². The minimum Gasteiger partial charge on any atom is -0.423 e. The molecule has 1 aromatic rings. The lowest BCUT2D eigenvalue weighted by atomic mass is 9.85. The number of hydrogen-bond donors (Lipinski definition) is 0. The first-order valence-corrected chi connectivity index (χ1v) is 5.56. The molecule has 0 aromatic heterocycles. The van der Waals surface area contributed by atoms with E-state index in [1.165, 1.54) is 6.92 Å². The molecule has 2 rings (SSSR count). The molecular formula is C13H11ClO3. The van der Waals surface area contributed by atoms with Gasteiger partial charge in [-0.25, -0.2) is 4.79 Å². The summed E-state index contributed by atoms with van der Waals surface area (Å²) >= 11 is 5.91. The molecule has 0 bridgehead atoms. The number of carbonyl (C=O) groups excluding carboxylic acids is 2. The van der Waals surface area contributed by atoms with Gasteiger partial charge < -0.3 is 4.74 Å². The summed E-state index contributed by atoms with van der Waals surface area (Å²) in [5.41, 5.74) is 1.05.